The van der Waals surface area contributed by atoms with Crippen molar-refractivity contribution in [3.05, 3.63) is 52.2 Å². The van der Waals surface area contributed by atoms with Crippen molar-refractivity contribution in [2.24, 2.45) is 0 Å². The zero-order valence-electron chi connectivity index (χ0n) is 11.2. The summed E-state index contributed by atoms with van der Waals surface area (Å²) in [5.41, 5.74) is 1.04. The molecule has 1 heterocycles. The van der Waals surface area contributed by atoms with Crippen LogP contribution in [0.4, 0.5) is 8.78 Å². The lowest BCUT2D eigenvalue weighted by Gasteiger charge is -2.18. The lowest BCUT2D eigenvalue weighted by molar-refractivity contribution is -0.0498. The lowest BCUT2D eigenvalue weighted by atomic mass is 10.1. The molecule has 0 radical (unpaired) electrons. The number of rotatable bonds is 7. The second-order valence-electron chi connectivity index (χ2n) is 4.35. The topological polar surface area (TPSA) is 21.3 Å². The zero-order chi connectivity index (χ0) is 14.4. The molecule has 0 aliphatic heterocycles. The number of benzene rings is 1. The van der Waals surface area contributed by atoms with Crippen molar-refractivity contribution in [2.75, 3.05) is 6.54 Å². The first-order valence-electron chi connectivity index (χ1n) is 6.52. The first-order chi connectivity index (χ1) is 9.70. The smallest absolute Gasteiger partial charge is 0.387 e. The fourth-order valence-corrected chi connectivity index (χ4v) is 2.80. The minimum absolute atomic E-state index is 0.0931. The maximum absolute atomic E-state index is 12.1. The molecule has 0 aliphatic rings. The fourth-order valence-electron chi connectivity index (χ4n) is 1.97. The third-order valence-corrected chi connectivity index (χ3v) is 3.80. The quantitative estimate of drug-likeness (QED) is 0.816. The van der Waals surface area contributed by atoms with E-state index in [9.17, 15) is 8.78 Å². The molecule has 1 atom stereocenters. The van der Waals surface area contributed by atoms with Crippen LogP contribution in [0.1, 0.15) is 29.8 Å². The number of hydrogen-bond donors (Lipinski definition) is 1. The Labute approximate surface area is 121 Å². The molecule has 0 saturated heterocycles. The van der Waals surface area contributed by atoms with Crippen molar-refractivity contribution in [1.29, 1.82) is 0 Å². The summed E-state index contributed by atoms with van der Waals surface area (Å²) >= 11 is 1.68. The van der Waals surface area contributed by atoms with Crippen LogP contribution in [0.3, 0.4) is 0 Å². The van der Waals surface area contributed by atoms with Crippen LogP contribution >= 0.6 is 11.3 Å². The maximum Gasteiger partial charge on any atom is 0.387 e. The molecule has 0 aliphatic carbocycles. The molecule has 1 aromatic carbocycles. The Morgan fingerprint density at radius 1 is 1.20 bits per heavy atom. The number of hydrogen-bond acceptors (Lipinski definition) is 3. The van der Waals surface area contributed by atoms with E-state index >= 15 is 0 Å². The highest BCUT2D eigenvalue weighted by atomic mass is 32.1. The zero-order valence-corrected chi connectivity index (χ0v) is 12.0. The van der Waals surface area contributed by atoms with Gasteiger partial charge in [0.15, 0.2) is 0 Å². The highest BCUT2D eigenvalue weighted by molar-refractivity contribution is 7.10. The summed E-state index contributed by atoms with van der Waals surface area (Å²) in [5, 5.41) is 5.50. The van der Waals surface area contributed by atoms with Crippen LogP contribution in [0.5, 0.6) is 5.75 Å². The summed E-state index contributed by atoms with van der Waals surface area (Å²) in [7, 11) is 0. The average molecular weight is 297 g/mol. The van der Waals surface area contributed by atoms with Crippen molar-refractivity contribution >= 4 is 11.3 Å². The van der Waals surface area contributed by atoms with E-state index in [4.69, 9.17) is 0 Å². The minimum Gasteiger partial charge on any atom is -0.435 e. The van der Waals surface area contributed by atoms with Crippen molar-refractivity contribution < 1.29 is 13.5 Å². The first-order valence-corrected chi connectivity index (χ1v) is 7.40. The van der Waals surface area contributed by atoms with Crippen molar-refractivity contribution in [2.45, 2.75) is 26.0 Å². The molecule has 2 nitrogen and oxygen atoms in total. The lowest BCUT2D eigenvalue weighted by Crippen LogP contribution is -2.22. The van der Waals surface area contributed by atoms with E-state index in [0.717, 1.165) is 18.5 Å². The van der Waals surface area contributed by atoms with Gasteiger partial charge in [-0.25, -0.2) is 0 Å². The van der Waals surface area contributed by atoms with Crippen molar-refractivity contribution in [3.8, 4) is 5.75 Å². The third-order valence-electron chi connectivity index (χ3n) is 2.86. The molecule has 2 rings (SSSR count). The normalized spacial score (nSPS) is 12.6. The van der Waals surface area contributed by atoms with Gasteiger partial charge < -0.3 is 10.1 Å². The number of alkyl halides is 2. The first kappa shape index (κ1) is 14.9. The number of ether oxygens (including phenoxy) is 1. The van der Waals surface area contributed by atoms with Crippen LogP contribution in [-0.4, -0.2) is 13.2 Å². The molecule has 0 bridgehead atoms. The molecule has 0 saturated carbocycles. The second kappa shape index (κ2) is 7.36. The molecule has 2 aromatic rings. The van der Waals surface area contributed by atoms with Crippen LogP contribution in [-0.2, 0) is 0 Å². The van der Waals surface area contributed by atoms with E-state index in [1.165, 1.54) is 4.88 Å². The Kier molecular flexibility index (Phi) is 5.49. The standard InChI is InChI=1S/C15H17F2NOS/c1-2-9-18-14(13-4-3-10-20-13)11-5-7-12(8-6-11)19-15(16)17/h3-8,10,14-15,18H,2,9H2,1H3. The monoisotopic (exact) mass is 297 g/mol. The molecule has 1 unspecified atom stereocenters. The Morgan fingerprint density at radius 3 is 2.50 bits per heavy atom. The SMILES string of the molecule is CCCNC(c1ccc(OC(F)F)cc1)c1cccs1. The van der Waals surface area contributed by atoms with Gasteiger partial charge in [0.1, 0.15) is 5.75 Å². The van der Waals surface area contributed by atoms with Gasteiger partial charge in [0.2, 0.25) is 0 Å². The predicted molar refractivity (Wildman–Crippen MR) is 77.5 cm³/mol. The van der Waals surface area contributed by atoms with Crippen LogP contribution in [0.15, 0.2) is 41.8 Å². The minimum atomic E-state index is -2.79. The molecular weight excluding hydrogens is 280 g/mol. The predicted octanol–water partition coefficient (Wildman–Crippen LogP) is 4.44. The van der Waals surface area contributed by atoms with E-state index in [0.29, 0.717) is 0 Å². The molecular formula is C15H17F2NOS. The largest absolute Gasteiger partial charge is 0.435 e. The van der Waals surface area contributed by atoms with Crippen LogP contribution in [0.25, 0.3) is 0 Å². The van der Waals surface area contributed by atoms with Gasteiger partial charge in [-0.1, -0.05) is 25.1 Å². The molecule has 1 aromatic heterocycles. The summed E-state index contributed by atoms with van der Waals surface area (Å²) < 4.78 is 28.6. The number of thiophene rings is 1. The Bertz CT molecular complexity index is 499. The Balaban J connectivity index is 2.16. The summed E-state index contributed by atoms with van der Waals surface area (Å²) in [4.78, 5) is 1.21. The maximum atomic E-state index is 12.1. The van der Waals surface area contributed by atoms with Crippen LogP contribution < -0.4 is 10.1 Å². The molecule has 0 fully saturated rings. The van der Waals surface area contributed by atoms with Gasteiger partial charge in [0.25, 0.3) is 0 Å². The summed E-state index contributed by atoms with van der Waals surface area (Å²) in [6, 6.07) is 11.0. The van der Waals surface area contributed by atoms with E-state index < -0.39 is 6.61 Å². The van der Waals surface area contributed by atoms with Gasteiger partial charge in [-0.2, -0.15) is 8.78 Å². The summed E-state index contributed by atoms with van der Waals surface area (Å²) in [6.45, 7) is 0.225. The van der Waals surface area contributed by atoms with Crippen molar-refractivity contribution in [1.82, 2.24) is 5.32 Å². The Morgan fingerprint density at radius 2 is 1.95 bits per heavy atom. The molecule has 20 heavy (non-hydrogen) atoms. The summed E-state index contributed by atoms with van der Waals surface area (Å²) in [5.74, 6) is 0.184. The Hall–Kier alpha value is -1.46. The van der Waals surface area contributed by atoms with Crippen LogP contribution in [0, 0.1) is 0 Å². The number of halogens is 2. The van der Waals surface area contributed by atoms with Gasteiger partial charge in [0, 0.05) is 4.88 Å². The van der Waals surface area contributed by atoms with E-state index in [2.05, 4.69) is 23.0 Å². The van der Waals surface area contributed by atoms with Gasteiger partial charge in [-0.15, -0.1) is 11.3 Å². The van der Waals surface area contributed by atoms with Crippen LogP contribution in [0.2, 0.25) is 0 Å². The van der Waals surface area contributed by atoms with Gasteiger partial charge in [-0.3, -0.25) is 0 Å². The van der Waals surface area contributed by atoms with Gasteiger partial charge in [-0.05, 0) is 42.1 Å². The number of nitrogens with one attached hydrogen (secondary N) is 1. The highest BCUT2D eigenvalue weighted by Crippen LogP contribution is 2.27. The van der Waals surface area contributed by atoms with E-state index in [1.807, 2.05) is 23.6 Å². The molecule has 0 spiro atoms. The van der Waals surface area contributed by atoms with Gasteiger partial charge >= 0.3 is 6.61 Å². The fraction of sp³-hybridized carbons (Fsp3) is 0.333. The average Bonchev–Trinajstić information content (AvgIpc) is 2.94. The molecule has 1 N–H and O–H groups in total. The second-order valence-corrected chi connectivity index (χ2v) is 5.33. The van der Waals surface area contributed by atoms with E-state index in [-0.39, 0.29) is 11.8 Å². The highest BCUT2D eigenvalue weighted by Gasteiger charge is 2.14. The van der Waals surface area contributed by atoms with Crippen molar-refractivity contribution in [3.63, 3.8) is 0 Å². The molecule has 108 valence electrons. The molecule has 0 amide bonds. The van der Waals surface area contributed by atoms with E-state index in [1.54, 1.807) is 23.5 Å². The third kappa shape index (κ3) is 4.02. The summed E-state index contributed by atoms with van der Waals surface area (Å²) in [6.07, 6.45) is 1.04. The van der Waals surface area contributed by atoms with Gasteiger partial charge in [0.05, 0.1) is 6.04 Å². The molecule has 5 heteroatoms.